The zero-order valence-electron chi connectivity index (χ0n) is 40.6. The van der Waals surface area contributed by atoms with E-state index >= 15 is 0 Å². The molecule has 8 saturated carbocycles. The van der Waals surface area contributed by atoms with E-state index in [1.807, 2.05) is 0 Å². The van der Waals surface area contributed by atoms with Gasteiger partial charge in [0.05, 0.1) is 43.7 Å². The third kappa shape index (κ3) is 8.10. The average Bonchev–Trinajstić information content (AvgIpc) is 3.80. The number of fused-ring (bicyclic) bond motifs is 10. The van der Waals surface area contributed by atoms with Crippen molar-refractivity contribution >= 4 is 11.9 Å². The van der Waals surface area contributed by atoms with Gasteiger partial charge in [-0.05, 0) is 194 Å². The van der Waals surface area contributed by atoms with E-state index in [0.717, 1.165) is 96.3 Å². The number of esters is 1. The molecule has 0 aromatic rings. The average molecular weight is 887 g/mol. The molecule has 0 amide bonds. The van der Waals surface area contributed by atoms with Gasteiger partial charge in [-0.25, -0.2) is 0 Å². The van der Waals surface area contributed by atoms with Gasteiger partial charge in [-0.15, -0.1) is 0 Å². The molecule has 0 spiro atoms. The Balaban J connectivity index is 0.000000189. The standard InChI is InChI=1S/C27H46O5.C26H44O5/c1-6-17-20-13-16(28)11-12-26(20,3)21-14-22(29)27(4)18(15(2)7-10-23(30)32-5)8-9-19(27)24(21)25(17)31;1-5-16-19-12-15(27)10-11-25(19,3)20-13-21(28)26(4)17(14(2)6-9-22(29)30)7-8-18(26)23(20)24(16)31/h15-22,24-25,28-29,31H,6-14H2,1-5H3;14-21,23-24,27-28,31H,5-13H2,1-4H3,(H,29,30)/t15-,16-,17-,18-,19?,20+,21?,22+,24?,25?,26+,27-;14-,15-,16-,17-,18?,19+,20?,21+,23?,24?,25+,26-/m11/s1. The van der Waals surface area contributed by atoms with Gasteiger partial charge < -0.3 is 40.5 Å². The van der Waals surface area contributed by atoms with E-state index in [0.29, 0.717) is 60.2 Å². The monoisotopic (exact) mass is 887 g/mol. The summed E-state index contributed by atoms with van der Waals surface area (Å²) in [5.74, 6) is 3.08. The topological polar surface area (TPSA) is 185 Å². The molecular weight excluding hydrogens is 797 g/mol. The zero-order valence-corrected chi connectivity index (χ0v) is 40.6. The Morgan fingerprint density at radius 3 is 1.33 bits per heavy atom. The van der Waals surface area contributed by atoms with Crippen LogP contribution in [0.2, 0.25) is 0 Å². The maximum Gasteiger partial charge on any atom is 0.305 e. The van der Waals surface area contributed by atoms with Crippen molar-refractivity contribution in [1.82, 2.24) is 0 Å². The molecule has 0 aromatic heterocycles. The van der Waals surface area contributed by atoms with Gasteiger partial charge in [0, 0.05) is 12.8 Å². The van der Waals surface area contributed by atoms with Crippen LogP contribution < -0.4 is 0 Å². The quantitative estimate of drug-likeness (QED) is 0.105. The van der Waals surface area contributed by atoms with Gasteiger partial charge in [-0.1, -0.05) is 68.2 Å². The molecule has 0 bridgehead atoms. The van der Waals surface area contributed by atoms with E-state index in [1.54, 1.807) is 0 Å². The zero-order chi connectivity index (χ0) is 46.1. The molecule has 0 aromatic carbocycles. The molecule has 0 radical (unpaired) electrons. The number of carboxylic acids is 1. The second kappa shape index (κ2) is 18.7. The molecule has 10 heteroatoms. The minimum Gasteiger partial charge on any atom is -0.481 e. The number of aliphatic hydroxyl groups excluding tert-OH is 6. The van der Waals surface area contributed by atoms with Crippen molar-refractivity contribution in [2.24, 2.45) is 105 Å². The van der Waals surface area contributed by atoms with E-state index in [9.17, 15) is 40.2 Å². The summed E-state index contributed by atoms with van der Waals surface area (Å²) in [6.45, 7) is 18.1. The molecule has 0 aliphatic heterocycles. The summed E-state index contributed by atoms with van der Waals surface area (Å²) in [7, 11) is 1.44. The highest BCUT2D eigenvalue weighted by Gasteiger charge is 2.69. The number of carbonyl (C=O) groups is 2. The second-order valence-electron chi connectivity index (χ2n) is 24.4. The van der Waals surface area contributed by atoms with Crippen LogP contribution in [0.4, 0.5) is 0 Å². The van der Waals surface area contributed by atoms with E-state index in [1.165, 1.54) is 7.11 Å². The lowest BCUT2D eigenvalue weighted by atomic mass is 9.41. The number of carboxylic acid groups (broad SMARTS) is 1. The highest BCUT2D eigenvalue weighted by molar-refractivity contribution is 5.69. The van der Waals surface area contributed by atoms with Crippen molar-refractivity contribution < 1.29 is 50.1 Å². The predicted octanol–water partition coefficient (Wildman–Crippen LogP) is 8.26. The number of methoxy groups -OCH3 is 1. The normalized spacial score (nSPS) is 52.0. The largest absolute Gasteiger partial charge is 0.481 e. The van der Waals surface area contributed by atoms with E-state index in [2.05, 4.69) is 55.4 Å². The molecule has 8 aliphatic carbocycles. The molecule has 0 heterocycles. The molecule has 362 valence electrons. The highest BCUT2D eigenvalue weighted by atomic mass is 16.5. The Morgan fingerprint density at radius 2 is 0.968 bits per heavy atom. The van der Waals surface area contributed by atoms with Crippen molar-refractivity contribution in [2.45, 2.75) is 208 Å². The molecule has 0 saturated heterocycles. The number of hydrogen-bond acceptors (Lipinski definition) is 9. The second-order valence-corrected chi connectivity index (χ2v) is 24.4. The summed E-state index contributed by atoms with van der Waals surface area (Å²) < 4.78 is 4.85. The molecule has 10 nitrogen and oxygen atoms in total. The van der Waals surface area contributed by atoms with Crippen molar-refractivity contribution in [3.63, 3.8) is 0 Å². The molecule has 24 atom stereocenters. The number of ether oxygens (including phenoxy) is 1. The molecular formula is C53H90O10. The Labute approximate surface area is 380 Å². The maximum atomic E-state index is 11.8. The fraction of sp³-hybridized carbons (Fsp3) is 0.962. The molecule has 7 N–H and O–H groups in total. The van der Waals surface area contributed by atoms with Gasteiger partial charge in [0.15, 0.2) is 0 Å². The molecule has 8 aliphatic rings. The number of carbonyl (C=O) groups excluding carboxylic acids is 1. The minimum atomic E-state index is -0.747. The summed E-state index contributed by atoms with van der Waals surface area (Å²) in [4.78, 5) is 22.9. The third-order valence-corrected chi connectivity index (χ3v) is 22.4. The van der Waals surface area contributed by atoms with Gasteiger partial charge in [0.1, 0.15) is 0 Å². The Bertz CT molecular complexity index is 1610. The smallest absolute Gasteiger partial charge is 0.305 e. The molecule has 8 unspecified atom stereocenters. The number of rotatable bonds is 10. The van der Waals surface area contributed by atoms with Crippen LogP contribution in [0.15, 0.2) is 0 Å². The Morgan fingerprint density at radius 1 is 0.571 bits per heavy atom. The van der Waals surface area contributed by atoms with Gasteiger partial charge in [0.25, 0.3) is 0 Å². The lowest BCUT2D eigenvalue weighted by Crippen LogP contribution is -2.65. The van der Waals surface area contributed by atoms with Gasteiger partial charge in [-0.2, -0.15) is 0 Å². The maximum absolute atomic E-state index is 11.8. The van der Waals surface area contributed by atoms with E-state index < -0.39 is 12.1 Å². The first kappa shape index (κ1) is 49.6. The van der Waals surface area contributed by atoms with E-state index in [-0.39, 0.29) is 100 Å². The van der Waals surface area contributed by atoms with Crippen LogP contribution in [0.3, 0.4) is 0 Å². The fourth-order valence-corrected chi connectivity index (χ4v) is 19.0. The summed E-state index contributed by atoms with van der Waals surface area (Å²) >= 11 is 0. The highest BCUT2D eigenvalue weighted by Crippen LogP contribution is 2.71. The van der Waals surface area contributed by atoms with Crippen LogP contribution in [0.5, 0.6) is 0 Å². The van der Waals surface area contributed by atoms with Crippen LogP contribution >= 0.6 is 0 Å². The Kier molecular flexibility index (Phi) is 14.7. The van der Waals surface area contributed by atoms with Crippen LogP contribution in [0.1, 0.15) is 171 Å². The summed E-state index contributed by atoms with van der Waals surface area (Å²) in [6.07, 6.45) is 12.8. The molecule has 63 heavy (non-hydrogen) atoms. The SMILES string of the molecule is CC[C@H]1C(O)C2C3CC[C@H]([C@H](C)CCC(=O)O)[C@@]3(C)[C@@H](O)CC2[C@@]2(C)CC[C@@H](O)C[C@@H]12.CC[C@H]1C(O)C2C3CC[C@H]([C@H](C)CCC(=O)OC)[C@@]3(C)[C@@H](O)CC2[C@@]2(C)CC[C@@H](O)C[C@@H]12. The van der Waals surface area contributed by atoms with Crippen molar-refractivity contribution in [3.8, 4) is 0 Å². The van der Waals surface area contributed by atoms with Gasteiger partial charge in [-0.3, -0.25) is 9.59 Å². The Hall–Kier alpha value is -1.30. The minimum absolute atomic E-state index is 0.0686. The number of hydrogen-bond donors (Lipinski definition) is 7. The van der Waals surface area contributed by atoms with Crippen LogP contribution in [-0.4, -0.2) is 91.4 Å². The van der Waals surface area contributed by atoms with Crippen molar-refractivity contribution in [3.05, 3.63) is 0 Å². The number of aliphatic hydroxyl groups is 6. The first-order valence-electron chi connectivity index (χ1n) is 26.0. The summed E-state index contributed by atoms with van der Waals surface area (Å²) in [6, 6.07) is 0. The van der Waals surface area contributed by atoms with Crippen molar-refractivity contribution in [2.75, 3.05) is 7.11 Å². The third-order valence-electron chi connectivity index (χ3n) is 22.4. The van der Waals surface area contributed by atoms with Gasteiger partial charge >= 0.3 is 11.9 Å². The molecule has 8 rings (SSSR count). The predicted molar refractivity (Wildman–Crippen MR) is 243 cm³/mol. The number of aliphatic carboxylic acids is 1. The van der Waals surface area contributed by atoms with Crippen LogP contribution in [0.25, 0.3) is 0 Å². The van der Waals surface area contributed by atoms with Crippen LogP contribution in [0, 0.1) is 105 Å². The first-order valence-corrected chi connectivity index (χ1v) is 26.0. The lowest BCUT2D eigenvalue weighted by Gasteiger charge is -2.65. The molecule has 8 fully saturated rings. The fourth-order valence-electron chi connectivity index (χ4n) is 19.0. The van der Waals surface area contributed by atoms with E-state index in [4.69, 9.17) is 9.84 Å². The lowest BCUT2D eigenvalue weighted by molar-refractivity contribution is -0.228. The van der Waals surface area contributed by atoms with Crippen LogP contribution in [-0.2, 0) is 14.3 Å². The van der Waals surface area contributed by atoms with Gasteiger partial charge in [0.2, 0.25) is 0 Å². The summed E-state index contributed by atoms with van der Waals surface area (Å²) in [5, 5.41) is 76.7. The van der Waals surface area contributed by atoms with Crippen molar-refractivity contribution in [1.29, 1.82) is 0 Å². The first-order chi connectivity index (χ1) is 29.6. The summed E-state index contributed by atoms with van der Waals surface area (Å²) in [5.41, 5.74) is -0.317.